The van der Waals surface area contributed by atoms with Gasteiger partial charge < -0.3 is 20.4 Å². The molecule has 3 unspecified atom stereocenters. The smallest absolute Gasteiger partial charge is 0.323 e. The Kier molecular flexibility index (Phi) is 5.67. The van der Waals surface area contributed by atoms with E-state index in [0.29, 0.717) is 29.8 Å². The summed E-state index contributed by atoms with van der Waals surface area (Å²) in [6.07, 6.45) is 1.80. The van der Waals surface area contributed by atoms with Gasteiger partial charge in [0.25, 0.3) is 0 Å². The van der Waals surface area contributed by atoms with Crippen LogP contribution < -0.4 is 11.0 Å². The zero-order chi connectivity index (χ0) is 22.1. The third-order valence-electron chi connectivity index (χ3n) is 6.29. The molecule has 1 saturated carbocycles. The van der Waals surface area contributed by atoms with Crippen molar-refractivity contribution in [1.82, 2.24) is 15.3 Å². The number of carboxylic acid groups (broad SMARTS) is 1. The summed E-state index contributed by atoms with van der Waals surface area (Å²) >= 11 is 0. The van der Waals surface area contributed by atoms with Crippen LogP contribution in [0.5, 0.6) is 0 Å². The van der Waals surface area contributed by atoms with Gasteiger partial charge in [0.1, 0.15) is 0 Å². The Bertz CT molecular complexity index is 1160. The number of imidazole rings is 1. The van der Waals surface area contributed by atoms with Gasteiger partial charge in [0.05, 0.1) is 28.9 Å². The van der Waals surface area contributed by atoms with E-state index in [4.69, 9.17) is 0 Å². The summed E-state index contributed by atoms with van der Waals surface area (Å²) in [5.41, 5.74) is 3.79. The van der Waals surface area contributed by atoms with E-state index in [-0.39, 0.29) is 11.6 Å². The van der Waals surface area contributed by atoms with Crippen LogP contribution >= 0.6 is 0 Å². The predicted octanol–water partition coefficient (Wildman–Crippen LogP) is 3.69. The second-order valence-corrected chi connectivity index (χ2v) is 8.59. The summed E-state index contributed by atoms with van der Waals surface area (Å²) in [6.45, 7) is 4.23. The van der Waals surface area contributed by atoms with E-state index < -0.39 is 23.8 Å². The minimum absolute atomic E-state index is 0.266. The largest absolute Gasteiger partial charge is 0.481 e. The van der Waals surface area contributed by atoms with Crippen LogP contribution in [0.2, 0.25) is 0 Å². The van der Waals surface area contributed by atoms with Crippen LogP contribution in [0.3, 0.4) is 0 Å². The first-order valence-corrected chi connectivity index (χ1v) is 10.7. The maximum Gasteiger partial charge on any atom is 0.323 e. The van der Waals surface area contributed by atoms with Crippen molar-refractivity contribution in [2.45, 2.75) is 45.1 Å². The number of hydrogen-bond acceptors (Lipinski definition) is 3. The number of aliphatic carboxylic acids is 1. The number of amides is 1. The van der Waals surface area contributed by atoms with E-state index in [1.54, 1.807) is 6.07 Å². The number of aromatic amines is 2. The molecule has 1 amide bonds. The van der Waals surface area contributed by atoms with Crippen molar-refractivity contribution in [2.24, 2.45) is 11.8 Å². The lowest BCUT2D eigenvalue weighted by Crippen LogP contribution is -2.38. The van der Waals surface area contributed by atoms with Crippen LogP contribution in [0.15, 0.2) is 47.3 Å². The lowest BCUT2D eigenvalue weighted by atomic mass is 9.91. The molecule has 162 valence electrons. The van der Waals surface area contributed by atoms with Crippen LogP contribution in [0.25, 0.3) is 11.0 Å². The number of aromatic nitrogens is 2. The first-order valence-electron chi connectivity index (χ1n) is 10.7. The fourth-order valence-corrected chi connectivity index (χ4v) is 4.55. The molecular formula is C24H27N3O4. The number of benzene rings is 2. The molecule has 0 aliphatic heterocycles. The highest BCUT2D eigenvalue weighted by molar-refractivity contribution is 5.87. The lowest BCUT2D eigenvalue weighted by molar-refractivity contribution is -0.146. The number of carbonyl (C=O) groups excluding carboxylic acids is 1. The molecule has 3 aromatic rings. The van der Waals surface area contributed by atoms with Crippen molar-refractivity contribution >= 4 is 22.9 Å². The van der Waals surface area contributed by atoms with Crippen molar-refractivity contribution in [3.05, 3.63) is 69.6 Å². The first-order chi connectivity index (χ1) is 14.8. The molecule has 0 saturated heterocycles. The second-order valence-electron chi connectivity index (χ2n) is 8.59. The fraction of sp³-hybridized carbons (Fsp3) is 0.375. The van der Waals surface area contributed by atoms with Crippen molar-refractivity contribution in [3.8, 4) is 0 Å². The molecule has 4 rings (SSSR count). The zero-order valence-electron chi connectivity index (χ0n) is 17.6. The summed E-state index contributed by atoms with van der Waals surface area (Å²) in [4.78, 5) is 42.3. The maximum absolute atomic E-state index is 13.2. The van der Waals surface area contributed by atoms with E-state index in [2.05, 4.69) is 29.1 Å². The maximum atomic E-state index is 13.2. The standard InChI is InChI=1S/C24H27N3O4/c1-13(2)14-9-11-15(12-10-14)20(18-7-4-8-19-21(18)27-24(31)25-19)26-22(28)16-5-3-6-17(16)23(29)30/h4,7-13,16-17,20H,3,5-6H2,1-2H3,(H,26,28)(H,29,30)(H2,25,27,31). The molecule has 31 heavy (non-hydrogen) atoms. The Hall–Kier alpha value is -3.35. The van der Waals surface area contributed by atoms with Gasteiger partial charge in [-0.1, -0.05) is 56.7 Å². The highest BCUT2D eigenvalue weighted by Gasteiger charge is 2.38. The minimum Gasteiger partial charge on any atom is -0.481 e. The number of fused-ring (bicyclic) bond motifs is 1. The molecule has 7 nitrogen and oxygen atoms in total. The summed E-state index contributed by atoms with van der Waals surface area (Å²) in [5.74, 6) is -2.03. The monoisotopic (exact) mass is 421 g/mol. The number of hydrogen-bond donors (Lipinski definition) is 4. The van der Waals surface area contributed by atoms with Crippen LogP contribution in [0, 0.1) is 11.8 Å². The van der Waals surface area contributed by atoms with Crippen molar-refractivity contribution in [1.29, 1.82) is 0 Å². The van der Waals surface area contributed by atoms with Crippen LogP contribution in [0.4, 0.5) is 0 Å². The molecule has 1 aliphatic rings. The van der Waals surface area contributed by atoms with Gasteiger partial charge in [-0.3, -0.25) is 9.59 Å². The summed E-state index contributed by atoms with van der Waals surface area (Å²) in [7, 11) is 0. The predicted molar refractivity (Wildman–Crippen MR) is 118 cm³/mol. The average Bonchev–Trinajstić information content (AvgIpc) is 3.38. The lowest BCUT2D eigenvalue weighted by Gasteiger charge is -2.24. The highest BCUT2D eigenvalue weighted by Crippen LogP contribution is 2.34. The van der Waals surface area contributed by atoms with E-state index >= 15 is 0 Å². The number of rotatable bonds is 6. The fourth-order valence-electron chi connectivity index (χ4n) is 4.55. The molecule has 1 aliphatic carbocycles. The molecule has 1 fully saturated rings. The molecule has 1 heterocycles. The number of nitrogens with one attached hydrogen (secondary N) is 3. The van der Waals surface area contributed by atoms with Gasteiger partial charge in [-0.05, 0) is 36.0 Å². The SMILES string of the molecule is CC(C)c1ccc(C(NC(=O)C2CCCC2C(=O)O)c2cccc3[nH]c(=O)[nH]c23)cc1. The average molecular weight is 421 g/mol. The van der Waals surface area contributed by atoms with E-state index in [1.165, 1.54) is 5.56 Å². The van der Waals surface area contributed by atoms with Gasteiger partial charge in [0.15, 0.2) is 0 Å². The Morgan fingerprint density at radius 3 is 2.35 bits per heavy atom. The van der Waals surface area contributed by atoms with Gasteiger partial charge in [-0.25, -0.2) is 4.79 Å². The number of carboxylic acids is 1. The molecule has 0 radical (unpaired) electrons. The van der Waals surface area contributed by atoms with Crippen LogP contribution in [-0.2, 0) is 9.59 Å². The summed E-state index contributed by atoms with van der Waals surface area (Å²) in [6, 6.07) is 13.0. The van der Waals surface area contributed by atoms with Crippen LogP contribution in [-0.4, -0.2) is 27.0 Å². The summed E-state index contributed by atoms with van der Waals surface area (Å²) in [5, 5.41) is 12.6. The van der Waals surface area contributed by atoms with Gasteiger partial charge in [-0.2, -0.15) is 0 Å². The molecule has 0 bridgehead atoms. The number of para-hydroxylation sites is 1. The van der Waals surface area contributed by atoms with Crippen molar-refractivity contribution in [2.75, 3.05) is 0 Å². The third kappa shape index (κ3) is 4.13. The van der Waals surface area contributed by atoms with Gasteiger partial charge in [-0.15, -0.1) is 0 Å². The third-order valence-corrected chi connectivity index (χ3v) is 6.29. The normalized spacial score (nSPS) is 19.6. The Labute approximate surface area is 179 Å². The Balaban J connectivity index is 1.74. The molecule has 3 atom stereocenters. The molecule has 4 N–H and O–H groups in total. The van der Waals surface area contributed by atoms with Gasteiger partial charge in [0.2, 0.25) is 5.91 Å². The van der Waals surface area contributed by atoms with Crippen molar-refractivity contribution in [3.63, 3.8) is 0 Å². The van der Waals surface area contributed by atoms with E-state index in [1.807, 2.05) is 36.4 Å². The zero-order valence-corrected chi connectivity index (χ0v) is 17.6. The topological polar surface area (TPSA) is 115 Å². The van der Waals surface area contributed by atoms with Gasteiger partial charge in [0, 0.05) is 5.56 Å². The Morgan fingerprint density at radius 2 is 1.68 bits per heavy atom. The quantitative estimate of drug-likeness (QED) is 0.486. The molecule has 1 aromatic heterocycles. The van der Waals surface area contributed by atoms with Crippen LogP contribution in [0.1, 0.15) is 61.8 Å². The number of carbonyl (C=O) groups is 2. The molecule has 0 spiro atoms. The molecule has 2 aromatic carbocycles. The minimum atomic E-state index is -0.924. The van der Waals surface area contributed by atoms with E-state index in [9.17, 15) is 19.5 Å². The highest BCUT2D eigenvalue weighted by atomic mass is 16.4. The number of H-pyrrole nitrogens is 2. The first kappa shape index (κ1) is 20.9. The molecule has 7 heteroatoms. The van der Waals surface area contributed by atoms with Crippen molar-refractivity contribution < 1.29 is 14.7 Å². The van der Waals surface area contributed by atoms with E-state index in [0.717, 1.165) is 17.5 Å². The Morgan fingerprint density at radius 1 is 1.00 bits per heavy atom. The van der Waals surface area contributed by atoms with Gasteiger partial charge >= 0.3 is 11.7 Å². The summed E-state index contributed by atoms with van der Waals surface area (Å²) < 4.78 is 0. The molecular weight excluding hydrogens is 394 g/mol. The second kappa shape index (κ2) is 8.41.